The fourth-order valence-corrected chi connectivity index (χ4v) is 2.39. The molecule has 0 spiro atoms. The molecule has 5 heteroatoms. The van der Waals surface area contributed by atoms with Gasteiger partial charge in [-0.2, -0.15) is 4.98 Å². The zero-order valence-corrected chi connectivity index (χ0v) is 13.0. The number of ether oxygens (including phenoxy) is 1. The molecule has 0 atom stereocenters. The second-order valence-electron chi connectivity index (χ2n) is 5.24. The van der Waals surface area contributed by atoms with Gasteiger partial charge in [-0.25, -0.2) is 0 Å². The van der Waals surface area contributed by atoms with E-state index < -0.39 is 0 Å². The predicted octanol–water partition coefficient (Wildman–Crippen LogP) is 2.72. The van der Waals surface area contributed by atoms with Crippen LogP contribution in [0, 0.1) is 13.8 Å². The Kier molecular flexibility index (Phi) is 5.33. The third-order valence-electron chi connectivity index (χ3n) is 3.28. The van der Waals surface area contributed by atoms with Crippen molar-refractivity contribution in [1.82, 2.24) is 10.1 Å². The molecule has 2 N–H and O–H groups in total. The number of aromatic nitrogens is 2. The summed E-state index contributed by atoms with van der Waals surface area (Å²) in [6.45, 7) is 7.12. The van der Waals surface area contributed by atoms with Gasteiger partial charge < -0.3 is 15.0 Å². The summed E-state index contributed by atoms with van der Waals surface area (Å²) in [4.78, 5) is 4.30. The standard InChI is InChI=1S/C16H23N3O2/c1-4-5-14-18-15(21-19-14)10-20-16-11(2)8-13(6-7-17)9-12(16)3/h8-9H,4-7,10,17H2,1-3H3. The average molecular weight is 289 g/mol. The molecular formula is C16H23N3O2. The minimum absolute atomic E-state index is 0.300. The van der Waals surface area contributed by atoms with Crippen molar-refractivity contribution in [3.05, 3.63) is 40.5 Å². The van der Waals surface area contributed by atoms with Gasteiger partial charge >= 0.3 is 0 Å². The van der Waals surface area contributed by atoms with E-state index in [0.29, 0.717) is 19.0 Å². The van der Waals surface area contributed by atoms with E-state index in [0.717, 1.165) is 42.0 Å². The Morgan fingerprint density at radius 1 is 1.19 bits per heavy atom. The zero-order chi connectivity index (χ0) is 15.2. The summed E-state index contributed by atoms with van der Waals surface area (Å²) < 4.78 is 11.0. The van der Waals surface area contributed by atoms with Crippen molar-refractivity contribution < 1.29 is 9.26 Å². The Morgan fingerprint density at radius 2 is 1.90 bits per heavy atom. The molecular weight excluding hydrogens is 266 g/mol. The topological polar surface area (TPSA) is 74.2 Å². The molecule has 0 radical (unpaired) electrons. The van der Waals surface area contributed by atoms with Crippen molar-refractivity contribution in [2.24, 2.45) is 5.73 Å². The normalized spacial score (nSPS) is 10.9. The van der Waals surface area contributed by atoms with Crippen LogP contribution >= 0.6 is 0 Å². The van der Waals surface area contributed by atoms with Gasteiger partial charge in [0.1, 0.15) is 5.75 Å². The second-order valence-corrected chi connectivity index (χ2v) is 5.24. The van der Waals surface area contributed by atoms with E-state index in [4.69, 9.17) is 15.0 Å². The summed E-state index contributed by atoms with van der Waals surface area (Å²) in [6.07, 6.45) is 2.71. The Labute approximate surface area is 125 Å². The lowest BCUT2D eigenvalue weighted by Gasteiger charge is -2.12. The maximum Gasteiger partial charge on any atom is 0.264 e. The van der Waals surface area contributed by atoms with Gasteiger partial charge in [0.2, 0.25) is 0 Å². The minimum atomic E-state index is 0.300. The summed E-state index contributed by atoms with van der Waals surface area (Å²) in [5, 5.41) is 3.92. The van der Waals surface area contributed by atoms with Crippen LogP contribution in [-0.2, 0) is 19.4 Å². The number of benzene rings is 1. The van der Waals surface area contributed by atoms with Crippen molar-refractivity contribution >= 4 is 0 Å². The van der Waals surface area contributed by atoms with Crippen molar-refractivity contribution in [2.45, 2.75) is 46.6 Å². The van der Waals surface area contributed by atoms with Crippen LogP contribution in [-0.4, -0.2) is 16.7 Å². The number of hydrogen-bond donors (Lipinski definition) is 1. The first kappa shape index (κ1) is 15.5. The largest absolute Gasteiger partial charge is 0.483 e. The molecule has 0 bridgehead atoms. The fraction of sp³-hybridized carbons (Fsp3) is 0.500. The van der Waals surface area contributed by atoms with Gasteiger partial charge in [0, 0.05) is 6.42 Å². The highest BCUT2D eigenvalue weighted by atomic mass is 16.5. The average Bonchev–Trinajstić information content (AvgIpc) is 2.86. The Hall–Kier alpha value is -1.88. The molecule has 5 nitrogen and oxygen atoms in total. The SMILES string of the molecule is CCCc1noc(COc2c(C)cc(CCN)cc2C)n1. The van der Waals surface area contributed by atoms with Crippen molar-refractivity contribution in [1.29, 1.82) is 0 Å². The third kappa shape index (κ3) is 4.04. The lowest BCUT2D eigenvalue weighted by atomic mass is 10.0. The van der Waals surface area contributed by atoms with Crippen molar-refractivity contribution in [2.75, 3.05) is 6.54 Å². The minimum Gasteiger partial charge on any atom is -0.483 e. The van der Waals surface area contributed by atoms with Crippen LogP contribution in [0.15, 0.2) is 16.7 Å². The molecule has 0 amide bonds. The monoisotopic (exact) mass is 289 g/mol. The van der Waals surface area contributed by atoms with E-state index in [-0.39, 0.29) is 0 Å². The van der Waals surface area contributed by atoms with Crippen LogP contribution in [0.5, 0.6) is 5.75 Å². The fourth-order valence-electron chi connectivity index (χ4n) is 2.39. The maximum atomic E-state index is 5.85. The van der Waals surface area contributed by atoms with E-state index in [1.54, 1.807) is 0 Å². The maximum absolute atomic E-state index is 5.85. The molecule has 0 aliphatic carbocycles. The quantitative estimate of drug-likeness (QED) is 0.848. The molecule has 1 heterocycles. The van der Waals surface area contributed by atoms with Gasteiger partial charge in [0.25, 0.3) is 5.89 Å². The summed E-state index contributed by atoms with van der Waals surface area (Å²) in [6, 6.07) is 4.23. The number of rotatable bonds is 7. The predicted molar refractivity (Wildman–Crippen MR) is 81.3 cm³/mol. The number of nitrogens with zero attached hydrogens (tertiary/aromatic N) is 2. The first-order valence-corrected chi connectivity index (χ1v) is 7.38. The highest BCUT2D eigenvalue weighted by Gasteiger charge is 2.10. The zero-order valence-electron chi connectivity index (χ0n) is 13.0. The smallest absolute Gasteiger partial charge is 0.264 e. The van der Waals surface area contributed by atoms with Gasteiger partial charge in [-0.1, -0.05) is 24.2 Å². The summed E-state index contributed by atoms with van der Waals surface area (Å²) in [7, 11) is 0. The molecule has 1 aromatic carbocycles. The van der Waals surface area contributed by atoms with Crippen LogP contribution in [0.25, 0.3) is 0 Å². The van der Waals surface area contributed by atoms with E-state index >= 15 is 0 Å². The van der Waals surface area contributed by atoms with Crippen LogP contribution in [0.2, 0.25) is 0 Å². The van der Waals surface area contributed by atoms with Gasteiger partial charge in [-0.05, 0) is 49.9 Å². The van der Waals surface area contributed by atoms with Crippen molar-refractivity contribution in [3.63, 3.8) is 0 Å². The molecule has 114 valence electrons. The molecule has 0 aliphatic rings. The number of aryl methyl sites for hydroxylation is 3. The molecule has 1 aromatic heterocycles. The lowest BCUT2D eigenvalue weighted by Crippen LogP contribution is -2.05. The molecule has 0 saturated heterocycles. The van der Waals surface area contributed by atoms with E-state index in [1.807, 2.05) is 13.8 Å². The summed E-state index contributed by atoms with van der Waals surface area (Å²) in [5.74, 6) is 2.14. The lowest BCUT2D eigenvalue weighted by molar-refractivity contribution is 0.240. The first-order valence-electron chi connectivity index (χ1n) is 7.38. The molecule has 0 aliphatic heterocycles. The van der Waals surface area contributed by atoms with Crippen LogP contribution < -0.4 is 10.5 Å². The third-order valence-corrected chi connectivity index (χ3v) is 3.28. The molecule has 0 unspecified atom stereocenters. The molecule has 2 aromatic rings. The van der Waals surface area contributed by atoms with Crippen molar-refractivity contribution in [3.8, 4) is 5.75 Å². The van der Waals surface area contributed by atoms with Crippen LogP contribution in [0.1, 0.15) is 41.8 Å². The van der Waals surface area contributed by atoms with Crippen LogP contribution in [0.4, 0.5) is 0 Å². The van der Waals surface area contributed by atoms with Gasteiger partial charge in [0.15, 0.2) is 12.4 Å². The summed E-state index contributed by atoms with van der Waals surface area (Å²) in [5.41, 5.74) is 9.05. The Bertz CT molecular complexity index is 570. The molecule has 0 saturated carbocycles. The Morgan fingerprint density at radius 3 is 2.52 bits per heavy atom. The highest BCUT2D eigenvalue weighted by Crippen LogP contribution is 2.25. The summed E-state index contributed by atoms with van der Waals surface area (Å²) >= 11 is 0. The van der Waals surface area contributed by atoms with E-state index in [1.165, 1.54) is 5.56 Å². The first-order chi connectivity index (χ1) is 10.1. The van der Waals surface area contributed by atoms with Gasteiger partial charge in [0.05, 0.1) is 0 Å². The highest BCUT2D eigenvalue weighted by molar-refractivity contribution is 5.43. The van der Waals surface area contributed by atoms with E-state index in [2.05, 4.69) is 29.2 Å². The van der Waals surface area contributed by atoms with Gasteiger partial charge in [-0.3, -0.25) is 0 Å². The van der Waals surface area contributed by atoms with Crippen LogP contribution in [0.3, 0.4) is 0 Å². The molecule has 0 fully saturated rings. The number of hydrogen-bond acceptors (Lipinski definition) is 5. The van der Waals surface area contributed by atoms with E-state index in [9.17, 15) is 0 Å². The Balaban J connectivity index is 2.05. The van der Waals surface area contributed by atoms with Gasteiger partial charge in [-0.15, -0.1) is 0 Å². The molecule has 21 heavy (non-hydrogen) atoms. The second kappa shape index (κ2) is 7.22. The molecule has 2 rings (SSSR count). The number of nitrogens with two attached hydrogens (primary N) is 1.